The summed E-state index contributed by atoms with van der Waals surface area (Å²) in [6.07, 6.45) is 0.862. The van der Waals surface area contributed by atoms with Crippen LogP contribution in [-0.4, -0.2) is 23.5 Å². The first kappa shape index (κ1) is 17.1. The van der Waals surface area contributed by atoms with Gasteiger partial charge in [0.15, 0.2) is 0 Å². The Morgan fingerprint density at radius 2 is 1.67 bits per heavy atom. The number of nitrogens with one attached hydrogen (secondary N) is 1. The summed E-state index contributed by atoms with van der Waals surface area (Å²) in [5, 5.41) is 12.0. The number of amides is 1. The molecule has 0 aromatic heterocycles. The summed E-state index contributed by atoms with van der Waals surface area (Å²) in [6.45, 7) is 6.83. The number of rotatable bonds is 6. The summed E-state index contributed by atoms with van der Waals surface area (Å²) in [6, 6.07) is 2.94. The van der Waals surface area contributed by atoms with Crippen molar-refractivity contribution in [2.24, 2.45) is 5.41 Å². The van der Waals surface area contributed by atoms with Crippen molar-refractivity contribution >= 4 is 11.9 Å². The number of carboxylic acids is 1. The number of carboxylic acid groups (broad SMARTS) is 1. The van der Waals surface area contributed by atoms with Gasteiger partial charge in [0.2, 0.25) is 0 Å². The second-order valence-corrected chi connectivity index (χ2v) is 5.40. The van der Waals surface area contributed by atoms with E-state index in [9.17, 15) is 19.1 Å². The molecule has 0 saturated carbocycles. The maximum atomic E-state index is 13.6. The molecule has 0 radical (unpaired) electrons. The minimum absolute atomic E-state index is 0.0592. The maximum Gasteiger partial charge on any atom is 0.311 e. The highest BCUT2D eigenvalue weighted by Crippen LogP contribution is 2.26. The molecule has 1 aromatic rings. The van der Waals surface area contributed by atoms with E-state index in [-0.39, 0.29) is 18.3 Å². The monoisotopic (exact) mass is 295 g/mol. The SMILES string of the molecule is CCC(CC)(CNC(=O)c1cc(C)c(F)c(C)c1)C(=O)O. The minimum atomic E-state index is -0.959. The van der Waals surface area contributed by atoms with Gasteiger partial charge in [-0.15, -0.1) is 0 Å². The zero-order chi connectivity index (χ0) is 16.2. The lowest BCUT2D eigenvalue weighted by Crippen LogP contribution is -2.42. The highest BCUT2D eigenvalue weighted by molar-refractivity contribution is 5.95. The van der Waals surface area contributed by atoms with Gasteiger partial charge in [-0.3, -0.25) is 9.59 Å². The first-order valence-corrected chi connectivity index (χ1v) is 7.05. The van der Waals surface area contributed by atoms with E-state index in [2.05, 4.69) is 5.32 Å². The van der Waals surface area contributed by atoms with E-state index in [1.807, 2.05) is 0 Å². The molecular weight excluding hydrogens is 273 g/mol. The van der Waals surface area contributed by atoms with Crippen LogP contribution in [-0.2, 0) is 4.79 Å². The molecule has 1 amide bonds. The highest BCUT2D eigenvalue weighted by Gasteiger charge is 2.35. The second-order valence-electron chi connectivity index (χ2n) is 5.40. The number of benzene rings is 1. The third-order valence-electron chi connectivity index (χ3n) is 4.09. The highest BCUT2D eigenvalue weighted by atomic mass is 19.1. The molecule has 1 rings (SSSR count). The molecule has 0 fully saturated rings. The first-order chi connectivity index (χ1) is 9.77. The number of halogens is 1. The lowest BCUT2D eigenvalue weighted by molar-refractivity contribution is -0.149. The van der Waals surface area contributed by atoms with Gasteiger partial charge in [0, 0.05) is 12.1 Å². The van der Waals surface area contributed by atoms with Gasteiger partial charge in [-0.1, -0.05) is 13.8 Å². The molecule has 21 heavy (non-hydrogen) atoms. The van der Waals surface area contributed by atoms with Crippen LogP contribution in [0.2, 0.25) is 0 Å². The maximum absolute atomic E-state index is 13.6. The zero-order valence-corrected chi connectivity index (χ0v) is 12.9. The van der Waals surface area contributed by atoms with Gasteiger partial charge in [0.05, 0.1) is 5.41 Å². The van der Waals surface area contributed by atoms with Crippen molar-refractivity contribution in [1.82, 2.24) is 5.32 Å². The van der Waals surface area contributed by atoms with Gasteiger partial charge < -0.3 is 10.4 Å². The van der Waals surface area contributed by atoms with E-state index >= 15 is 0 Å². The molecule has 116 valence electrons. The van der Waals surface area contributed by atoms with Crippen molar-refractivity contribution in [2.45, 2.75) is 40.5 Å². The standard InChI is InChI=1S/C16H22FNO3/c1-5-16(6-2,15(20)21)9-18-14(19)12-7-10(3)13(17)11(4)8-12/h7-8H,5-6,9H2,1-4H3,(H,18,19)(H,20,21). The minimum Gasteiger partial charge on any atom is -0.481 e. The molecule has 0 saturated heterocycles. The fourth-order valence-corrected chi connectivity index (χ4v) is 2.31. The zero-order valence-electron chi connectivity index (χ0n) is 12.9. The summed E-state index contributed by atoms with van der Waals surface area (Å²) in [5.41, 5.74) is 0.184. The van der Waals surface area contributed by atoms with Crippen LogP contribution in [0.5, 0.6) is 0 Å². The van der Waals surface area contributed by atoms with Crippen LogP contribution in [0, 0.1) is 25.1 Å². The molecule has 5 heteroatoms. The van der Waals surface area contributed by atoms with E-state index in [4.69, 9.17) is 0 Å². The fraction of sp³-hybridized carbons (Fsp3) is 0.500. The van der Waals surface area contributed by atoms with E-state index in [0.717, 1.165) is 0 Å². The Labute approximate surface area is 124 Å². The largest absolute Gasteiger partial charge is 0.481 e. The predicted molar refractivity (Wildman–Crippen MR) is 78.9 cm³/mol. The Morgan fingerprint density at radius 1 is 1.19 bits per heavy atom. The van der Waals surface area contributed by atoms with E-state index in [1.54, 1.807) is 27.7 Å². The molecule has 0 unspecified atom stereocenters. The van der Waals surface area contributed by atoms with Crippen molar-refractivity contribution in [2.75, 3.05) is 6.54 Å². The topological polar surface area (TPSA) is 66.4 Å². The van der Waals surface area contributed by atoms with Crippen molar-refractivity contribution in [3.63, 3.8) is 0 Å². The molecule has 0 bridgehead atoms. The molecule has 0 aliphatic rings. The van der Waals surface area contributed by atoms with Gasteiger partial charge >= 0.3 is 5.97 Å². The molecular formula is C16H22FNO3. The van der Waals surface area contributed by atoms with Gasteiger partial charge in [-0.2, -0.15) is 0 Å². The molecule has 0 heterocycles. The van der Waals surface area contributed by atoms with Crippen LogP contribution < -0.4 is 5.32 Å². The quantitative estimate of drug-likeness (QED) is 0.847. The second kappa shape index (κ2) is 6.70. The van der Waals surface area contributed by atoms with Crippen LogP contribution in [0.1, 0.15) is 48.2 Å². The number of hydrogen-bond acceptors (Lipinski definition) is 2. The Hall–Kier alpha value is -1.91. The third-order valence-corrected chi connectivity index (χ3v) is 4.09. The third kappa shape index (κ3) is 3.60. The van der Waals surface area contributed by atoms with E-state index in [0.29, 0.717) is 29.5 Å². The smallest absolute Gasteiger partial charge is 0.311 e. The number of aryl methyl sites for hydroxylation is 2. The van der Waals surface area contributed by atoms with Gasteiger partial charge in [-0.25, -0.2) is 4.39 Å². The van der Waals surface area contributed by atoms with Crippen LogP contribution in [0.25, 0.3) is 0 Å². The Morgan fingerprint density at radius 3 is 2.05 bits per heavy atom. The summed E-state index contributed by atoms with van der Waals surface area (Å²) in [5.74, 6) is -1.62. The molecule has 0 aliphatic heterocycles. The normalized spacial score (nSPS) is 11.3. The average Bonchev–Trinajstić information content (AvgIpc) is 2.45. The van der Waals surface area contributed by atoms with Crippen molar-refractivity contribution in [3.8, 4) is 0 Å². The lowest BCUT2D eigenvalue weighted by atomic mass is 9.82. The first-order valence-electron chi connectivity index (χ1n) is 7.05. The van der Waals surface area contributed by atoms with Crippen molar-refractivity contribution < 1.29 is 19.1 Å². The summed E-state index contributed by atoms with van der Waals surface area (Å²) in [4.78, 5) is 23.5. The number of carbonyl (C=O) groups excluding carboxylic acids is 1. The number of hydrogen-bond donors (Lipinski definition) is 2. The molecule has 1 aromatic carbocycles. The van der Waals surface area contributed by atoms with Crippen molar-refractivity contribution in [1.29, 1.82) is 0 Å². The Kier molecular flexibility index (Phi) is 5.47. The summed E-state index contributed by atoms with van der Waals surface area (Å²) in [7, 11) is 0. The van der Waals surface area contributed by atoms with E-state index in [1.165, 1.54) is 12.1 Å². The van der Waals surface area contributed by atoms with Crippen LogP contribution in [0.15, 0.2) is 12.1 Å². The fourth-order valence-electron chi connectivity index (χ4n) is 2.31. The Balaban J connectivity index is 2.89. The van der Waals surface area contributed by atoms with Crippen LogP contribution in [0.4, 0.5) is 4.39 Å². The molecule has 0 aliphatic carbocycles. The molecule has 2 N–H and O–H groups in total. The Bertz CT molecular complexity index is 527. The summed E-state index contributed by atoms with van der Waals surface area (Å²) < 4.78 is 13.6. The van der Waals surface area contributed by atoms with Gasteiger partial charge in [-0.05, 0) is 49.9 Å². The number of carbonyl (C=O) groups is 2. The predicted octanol–water partition coefficient (Wildman–Crippen LogP) is 3.06. The lowest BCUT2D eigenvalue weighted by Gasteiger charge is -2.26. The molecule has 0 spiro atoms. The average molecular weight is 295 g/mol. The van der Waals surface area contributed by atoms with E-state index < -0.39 is 11.4 Å². The number of aliphatic carboxylic acids is 1. The van der Waals surface area contributed by atoms with Crippen LogP contribution >= 0.6 is 0 Å². The van der Waals surface area contributed by atoms with Gasteiger partial charge in [0.1, 0.15) is 5.82 Å². The van der Waals surface area contributed by atoms with Gasteiger partial charge in [0.25, 0.3) is 5.91 Å². The summed E-state index contributed by atoms with van der Waals surface area (Å²) >= 11 is 0. The van der Waals surface area contributed by atoms with Crippen LogP contribution in [0.3, 0.4) is 0 Å². The van der Waals surface area contributed by atoms with Crippen molar-refractivity contribution in [3.05, 3.63) is 34.6 Å². The molecule has 0 atom stereocenters. The molecule has 4 nitrogen and oxygen atoms in total.